The molecule has 0 atom stereocenters. The van der Waals surface area contributed by atoms with Crippen LogP contribution in [0, 0.1) is 11.3 Å². The third-order valence-electron chi connectivity index (χ3n) is 3.15. The highest BCUT2D eigenvalue weighted by molar-refractivity contribution is 5.97. The highest BCUT2D eigenvalue weighted by Crippen LogP contribution is 2.04. The van der Waals surface area contributed by atoms with Crippen molar-refractivity contribution in [1.82, 2.24) is 10.2 Å². The molecule has 0 aromatic rings. The lowest BCUT2D eigenvalue weighted by atomic mass is 10.2. The van der Waals surface area contributed by atoms with Gasteiger partial charge in [-0.2, -0.15) is 5.26 Å². The minimum absolute atomic E-state index is 0.142. The van der Waals surface area contributed by atoms with Crippen molar-refractivity contribution in [1.29, 1.82) is 5.26 Å². The summed E-state index contributed by atoms with van der Waals surface area (Å²) in [4.78, 5) is 13.7. The lowest BCUT2D eigenvalue weighted by molar-refractivity contribution is -0.130. The summed E-state index contributed by atoms with van der Waals surface area (Å²) in [5.74, 6) is -0.229. The van der Waals surface area contributed by atoms with Gasteiger partial charge in [0.2, 0.25) is 0 Å². The first-order chi connectivity index (χ1) is 10.3. The van der Waals surface area contributed by atoms with Crippen LogP contribution in [-0.2, 0) is 14.3 Å². The van der Waals surface area contributed by atoms with Gasteiger partial charge in [0.1, 0.15) is 11.6 Å². The first kappa shape index (κ1) is 17.5. The number of nitriles is 1. The van der Waals surface area contributed by atoms with E-state index in [-0.39, 0.29) is 11.5 Å². The zero-order valence-corrected chi connectivity index (χ0v) is 12.8. The van der Waals surface area contributed by atoms with Gasteiger partial charge in [-0.3, -0.25) is 4.79 Å². The lowest BCUT2D eigenvalue weighted by Gasteiger charge is -2.26. The highest BCUT2D eigenvalue weighted by Gasteiger charge is 2.20. The zero-order valence-electron chi connectivity index (χ0n) is 12.8. The van der Waals surface area contributed by atoms with Crippen LogP contribution in [0.2, 0.25) is 0 Å². The van der Waals surface area contributed by atoms with Crippen LogP contribution in [0.5, 0.6) is 0 Å². The Bertz CT molecular complexity index is 371. The Labute approximate surface area is 126 Å². The molecule has 0 radical (unpaired) electrons. The van der Waals surface area contributed by atoms with Gasteiger partial charge in [-0.25, -0.2) is 0 Å². The van der Waals surface area contributed by atoms with E-state index in [1.807, 2.05) is 6.07 Å². The third-order valence-corrected chi connectivity index (χ3v) is 3.15. The Morgan fingerprint density at radius 2 is 2.10 bits per heavy atom. The van der Waals surface area contributed by atoms with E-state index in [1.54, 1.807) is 4.90 Å². The maximum Gasteiger partial charge on any atom is 0.266 e. The minimum Gasteiger partial charge on any atom is -0.390 e. The Morgan fingerprint density at radius 1 is 1.38 bits per heavy atom. The Hall–Kier alpha value is -1.58. The molecule has 1 amide bonds. The Morgan fingerprint density at radius 3 is 2.76 bits per heavy atom. The van der Waals surface area contributed by atoms with Crippen LogP contribution in [0.15, 0.2) is 11.8 Å². The van der Waals surface area contributed by atoms with Gasteiger partial charge in [0.05, 0.1) is 13.2 Å². The monoisotopic (exact) mass is 295 g/mol. The quantitative estimate of drug-likeness (QED) is 0.391. The van der Waals surface area contributed by atoms with Crippen molar-refractivity contribution in [2.24, 2.45) is 0 Å². The fourth-order valence-electron chi connectivity index (χ4n) is 1.88. The summed E-state index contributed by atoms with van der Waals surface area (Å²) in [6.45, 7) is 6.47. The van der Waals surface area contributed by atoms with Crippen LogP contribution in [0.1, 0.15) is 26.2 Å². The second kappa shape index (κ2) is 11.1. The maximum atomic E-state index is 12.1. The van der Waals surface area contributed by atoms with Crippen molar-refractivity contribution in [2.75, 3.05) is 46.1 Å². The van der Waals surface area contributed by atoms with Crippen LogP contribution >= 0.6 is 0 Å². The van der Waals surface area contributed by atoms with Crippen LogP contribution < -0.4 is 5.32 Å². The largest absolute Gasteiger partial charge is 0.390 e. The molecule has 0 aromatic heterocycles. The second-order valence-electron chi connectivity index (χ2n) is 4.85. The molecule has 21 heavy (non-hydrogen) atoms. The predicted octanol–water partition coefficient (Wildman–Crippen LogP) is 1.05. The molecule has 6 heteroatoms. The summed E-state index contributed by atoms with van der Waals surface area (Å²) in [6, 6.07) is 1.95. The number of nitrogens with zero attached hydrogens (tertiary/aromatic N) is 2. The number of carbonyl (C=O) groups is 1. The first-order valence-electron chi connectivity index (χ1n) is 7.58. The van der Waals surface area contributed by atoms with Gasteiger partial charge < -0.3 is 19.7 Å². The number of ether oxygens (including phenoxy) is 2. The molecule has 1 rings (SSSR count). The van der Waals surface area contributed by atoms with Crippen molar-refractivity contribution in [2.45, 2.75) is 26.2 Å². The summed E-state index contributed by atoms with van der Waals surface area (Å²) in [5.41, 5.74) is 0.142. The first-order valence-corrected chi connectivity index (χ1v) is 7.58. The normalized spacial score (nSPS) is 15.6. The molecule has 0 aliphatic carbocycles. The summed E-state index contributed by atoms with van der Waals surface area (Å²) >= 11 is 0. The Balaban J connectivity index is 2.22. The fraction of sp³-hybridized carbons (Fsp3) is 0.733. The van der Waals surface area contributed by atoms with Crippen molar-refractivity contribution in [3.05, 3.63) is 11.8 Å². The Kier molecular flexibility index (Phi) is 9.25. The number of amides is 1. The number of nitrogens with one attached hydrogen (secondary N) is 1. The van der Waals surface area contributed by atoms with Gasteiger partial charge in [-0.1, -0.05) is 13.3 Å². The van der Waals surface area contributed by atoms with Gasteiger partial charge in [0.15, 0.2) is 0 Å². The van der Waals surface area contributed by atoms with Gasteiger partial charge in [0.25, 0.3) is 5.91 Å². The van der Waals surface area contributed by atoms with E-state index in [0.717, 1.165) is 25.9 Å². The van der Waals surface area contributed by atoms with Crippen molar-refractivity contribution in [3.63, 3.8) is 0 Å². The van der Waals surface area contributed by atoms with Crippen molar-refractivity contribution < 1.29 is 14.3 Å². The molecule has 1 aliphatic heterocycles. The van der Waals surface area contributed by atoms with Gasteiger partial charge in [-0.05, 0) is 12.8 Å². The average Bonchev–Trinajstić information content (AvgIpc) is 2.54. The standard InChI is InChI=1S/C15H25N3O3/c1-2-3-8-20-9-4-5-17-13-14(12-16)15(19)18-6-10-21-11-7-18/h13,17H,2-11H2,1H3/b14-13-. The van der Waals surface area contributed by atoms with Crippen molar-refractivity contribution in [3.8, 4) is 6.07 Å². The molecular weight excluding hydrogens is 270 g/mol. The number of hydrogen-bond acceptors (Lipinski definition) is 5. The summed E-state index contributed by atoms with van der Waals surface area (Å²) < 4.78 is 10.6. The summed E-state index contributed by atoms with van der Waals surface area (Å²) in [7, 11) is 0. The highest BCUT2D eigenvalue weighted by atomic mass is 16.5. The topological polar surface area (TPSA) is 74.6 Å². The molecule has 1 saturated heterocycles. The molecule has 1 aliphatic rings. The molecule has 0 spiro atoms. The van der Waals surface area contributed by atoms with Crippen LogP contribution in [0.3, 0.4) is 0 Å². The minimum atomic E-state index is -0.229. The number of unbranched alkanes of at least 4 members (excludes halogenated alkanes) is 1. The summed E-state index contributed by atoms with van der Waals surface area (Å²) in [5, 5.41) is 12.1. The van der Waals surface area contributed by atoms with E-state index in [2.05, 4.69) is 12.2 Å². The maximum absolute atomic E-state index is 12.1. The van der Waals surface area contributed by atoms with Gasteiger partial charge >= 0.3 is 0 Å². The molecule has 1 fully saturated rings. The number of morpholine rings is 1. The van der Waals surface area contributed by atoms with Gasteiger partial charge in [0, 0.05) is 39.0 Å². The SMILES string of the molecule is CCCCOCCCN/C=C(/C#N)C(=O)N1CCOCC1. The van der Waals surface area contributed by atoms with Crippen LogP contribution in [0.25, 0.3) is 0 Å². The van der Waals surface area contributed by atoms with Crippen LogP contribution in [0.4, 0.5) is 0 Å². The van der Waals surface area contributed by atoms with E-state index < -0.39 is 0 Å². The van der Waals surface area contributed by atoms with E-state index in [4.69, 9.17) is 14.7 Å². The summed E-state index contributed by atoms with van der Waals surface area (Å²) in [6.07, 6.45) is 4.57. The smallest absolute Gasteiger partial charge is 0.266 e. The number of hydrogen-bond donors (Lipinski definition) is 1. The van der Waals surface area contributed by atoms with E-state index in [9.17, 15) is 4.79 Å². The molecule has 0 unspecified atom stereocenters. The number of carbonyl (C=O) groups excluding carboxylic acids is 1. The molecule has 6 nitrogen and oxygen atoms in total. The lowest BCUT2D eigenvalue weighted by Crippen LogP contribution is -2.41. The van der Waals surface area contributed by atoms with Crippen LogP contribution in [-0.4, -0.2) is 56.9 Å². The molecular formula is C15H25N3O3. The number of rotatable bonds is 9. The molecule has 0 aromatic carbocycles. The van der Waals surface area contributed by atoms with Gasteiger partial charge in [-0.15, -0.1) is 0 Å². The molecule has 1 N–H and O–H groups in total. The second-order valence-corrected chi connectivity index (χ2v) is 4.85. The molecule has 118 valence electrons. The predicted molar refractivity (Wildman–Crippen MR) is 79.4 cm³/mol. The zero-order chi connectivity index (χ0) is 15.3. The fourth-order valence-corrected chi connectivity index (χ4v) is 1.88. The van der Waals surface area contributed by atoms with E-state index in [0.29, 0.717) is 39.5 Å². The molecule has 0 saturated carbocycles. The van der Waals surface area contributed by atoms with E-state index in [1.165, 1.54) is 6.20 Å². The third kappa shape index (κ3) is 7.11. The van der Waals surface area contributed by atoms with Crippen molar-refractivity contribution >= 4 is 5.91 Å². The van der Waals surface area contributed by atoms with E-state index >= 15 is 0 Å². The molecule has 0 bridgehead atoms. The average molecular weight is 295 g/mol. The molecule has 1 heterocycles.